The van der Waals surface area contributed by atoms with E-state index in [1.165, 1.54) is 0 Å². The largest absolute Gasteiger partial charge is 0.466 e. The second-order valence-corrected chi connectivity index (χ2v) is 6.50. The number of benzene rings is 1. The maximum absolute atomic E-state index is 12.4. The second-order valence-electron chi connectivity index (χ2n) is 5.27. The third-order valence-corrected chi connectivity index (χ3v) is 4.62. The summed E-state index contributed by atoms with van der Waals surface area (Å²) in [5.41, 5.74) is 1.80. The van der Waals surface area contributed by atoms with Crippen molar-refractivity contribution in [2.75, 3.05) is 31.2 Å². The van der Waals surface area contributed by atoms with E-state index in [1.807, 2.05) is 36.0 Å². The van der Waals surface area contributed by atoms with Gasteiger partial charge in [-0.25, -0.2) is 0 Å². The highest BCUT2D eigenvalue weighted by Crippen LogP contribution is 2.17. The van der Waals surface area contributed by atoms with Crippen LogP contribution in [0.4, 0.5) is 0 Å². The molecule has 1 aliphatic rings. The van der Waals surface area contributed by atoms with Crippen molar-refractivity contribution in [1.82, 2.24) is 4.90 Å². The fourth-order valence-corrected chi connectivity index (χ4v) is 3.49. The van der Waals surface area contributed by atoms with E-state index in [4.69, 9.17) is 4.74 Å². The van der Waals surface area contributed by atoms with E-state index >= 15 is 0 Å². The van der Waals surface area contributed by atoms with Crippen LogP contribution in [0.25, 0.3) is 0 Å². The number of thioether (sulfide) groups is 1. The Kier molecular flexibility index (Phi) is 6.93. The van der Waals surface area contributed by atoms with Gasteiger partial charge in [-0.05, 0) is 12.5 Å². The Labute approximate surface area is 136 Å². The predicted octanol–water partition coefficient (Wildman–Crippen LogP) is 2.76. The van der Waals surface area contributed by atoms with Crippen molar-refractivity contribution >= 4 is 23.5 Å². The summed E-state index contributed by atoms with van der Waals surface area (Å²) < 4.78 is 4.88. The molecule has 1 saturated heterocycles. The summed E-state index contributed by atoms with van der Waals surface area (Å²) in [4.78, 5) is 26.2. The van der Waals surface area contributed by atoms with Gasteiger partial charge in [-0.15, -0.1) is 0 Å². The van der Waals surface area contributed by atoms with Gasteiger partial charge in [0.25, 0.3) is 0 Å². The lowest BCUT2D eigenvalue weighted by atomic mass is 10.00. The average molecular weight is 321 g/mol. The Balaban J connectivity index is 1.97. The van der Waals surface area contributed by atoms with Crippen molar-refractivity contribution in [1.29, 1.82) is 0 Å². The molecule has 4 nitrogen and oxygen atoms in total. The molecule has 22 heavy (non-hydrogen) atoms. The fraction of sp³-hybridized carbons (Fsp3) is 0.529. The number of carbonyl (C=O) groups excluding carboxylic acids is 2. The molecule has 0 atom stereocenters. The number of ketones is 1. The molecular formula is C17H23NO3S. The number of rotatable bonds is 7. The molecule has 0 aromatic heterocycles. The van der Waals surface area contributed by atoms with Crippen LogP contribution in [-0.2, 0) is 16.1 Å². The standard InChI is InChI=1S/C17H23NO3S/c1-2-21-17(20)8-7-16(19)15-6-4-3-5-14(15)13-18-9-11-22-12-10-18/h3-6H,2,7-13H2,1H3. The molecule has 0 radical (unpaired) electrons. The van der Waals surface area contributed by atoms with Gasteiger partial charge < -0.3 is 4.74 Å². The molecule has 120 valence electrons. The van der Waals surface area contributed by atoms with E-state index in [-0.39, 0.29) is 24.6 Å². The molecule has 0 aliphatic carbocycles. The quantitative estimate of drug-likeness (QED) is 0.571. The average Bonchev–Trinajstić information content (AvgIpc) is 2.54. The van der Waals surface area contributed by atoms with Crippen LogP contribution < -0.4 is 0 Å². The van der Waals surface area contributed by atoms with E-state index in [2.05, 4.69) is 4.90 Å². The Morgan fingerprint density at radius 1 is 1.18 bits per heavy atom. The van der Waals surface area contributed by atoms with Crippen molar-refractivity contribution in [2.45, 2.75) is 26.3 Å². The molecule has 5 heteroatoms. The van der Waals surface area contributed by atoms with Gasteiger partial charge in [-0.2, -0.15) is 11.8 Å². The minimum atomic E-state index is -0.304. The third kappa shape index (κ3) is 5.14. The van der Waals surface area contributed by atoms with Crippen molar-refractivity contribution < 1.29 is 14.3 Å². The molecule has 0 unspecified atom stereocenters. The highest BCUT2D eigenvalue weighted by atomic mass is 32.2. The lowest BCUT2D eigenvalue weighted by molar-refractivity contribution is -0.143. The summed E-state index contributed by atoms with van der Waals surface area (Å²) in [5, 5.41) is 0. The maximum Gasteiger partial charge on any atom is 0.306 e. The summed E-state index contributed by atoms with van der Waals surface area (Å²) in [6.45, 7) is 5.07. The first-order chi connectivity index (χ1) is 10.7. The molecule has 0 bridgehead atoms. The van der Waals surface area contributed by atoms with Crippen molar-refractivity contribution in [2.24, 2.45) is 0 Å². The van der Waals surface area contributed by atoms with Crippen LogP contribution in [0.3, 0.4) is 0 Å². The summed E-state index contributed by atoms with van der Waals surface area (Å²) in [6, 6.07) is 7.73. The Morgan fingerprint density at radius 3 is 2.64 bits per heavy atom. The molecular weight excluding hydrogens is 298 g/mol. The highest BCUT2D eigenvalue weighted by molar-refractivity contribution is 7.99. The van der Waals surface area contributed by atoms with Gasteiger partial charge in [0.2, 0.25) is 0 Å². The SMILES string of the molecule is CCOC(=O)CCC(=O)c1ccccc1CN1CCSCC1. The number of hydrogen-bond acceptors (Lipinski definition) is 5. The number of Topliss-reactive ketones (excluding diaryl/α,β-unsaturated/α-hetero) is 1. The van der Waals surface area contributed by atoms with E-state index in [0.717, 1.165) is 42.3 Å². The molecule has 0 saturated carbocycles. The van der Waals surface area contributed by atoms with Crippen LogP contribution in [0, 0.1) is 0 Å². The Morgan fingerprint density at radius 2 is 1.91 bits per heavy atom. The van der Waals surface area contributed by atoms with Gasteiger partial charge in [-0.1, -0.05) is 24.3 Å². The van der Waals surface area contributed by atoms with E-state index in [1.54, 1.807) is 6.92 Å². The predicted molar refractivity (Wildman–Crippen MR) is 89.2 cm³/mol. The molecule has 0 spiro atoms. The molecule has 1 fully saturated rings. The molecule has 1 heterocycles. The van der Waals surface area contributed by atoms with E-state index in [0.29, 0.717) is 6.61 Å². The Bertz CT molecular complexity index is 512. The van der Waals surface area contributed by atoms with Gasteiger partial charge in [0, 0.05) is 43.1 Å². The summed E-state index contributed by atoms with van der Waals surface area (Å²) >= 11 is 1.98. The topological polar surface area (TPSA) is 46.6 Å². The summed E-state index contributed by atoms with van der Waals surface area (Å²) in [5.74, 6) is 2.02. The highest BCUT2D eigenvalue weighted by Gasteiger charge is 2.16. The van der Waals surface area contributed by atoms with Crippen LogP contribution in [0.5, 0.6) is 0 Å². The van der Waals surface area contributed by atoms with Crippen LogP contribution in [-0.4, -0.2) is 47.9 Å². The first kappa shape index (κ1) is 17.0. The molecule has 1 aromatic rings. The van der Waals surface area contributed by atoms with Gasteiger partial charge >= 0.3 is 5.97 Å². The lowest BCUT2D eigenvalue weighted by Gasteiger charge is -2.26. The van der Waals surface area contributed by atoms with Gasteiger partial charge in [0.05, 0.1) is 13.0 Å². The smallest absolute Gasteiger partial charge is 0.306 e. The second kappa shape index (κ2) is 8.96. The van der Waals surface area contributed by atoms with Crippen molar-refractivity contribution in [3.05, 3.63) is 35.4 Å². The molecule has 1 aliphatic heterocycles. The molecule has 0 amide bonds. The minimum Gasteiger partial charge on any atom is -0.466 e. The number of ether oxygens (including phenoxy) is 1. The zero-order valence-electron chi connectivity index (χ0n) is 13.0. The fourth-order valence-electron chi connectivity index (χ4n) is 2.51. The Hall–Kier alpha value is -1.33. The zero-order valence-corrected chi connectivity index (χ0v) is 13.9. The number of carbonyl (C=O) groups is 2. The molecule has 2 rings (SSSR count). The van der Waals surface area contributed by atoms with Crippen LogP contribution in [0.15, 0.2) is 24.3 Å². The first-order valence-corrected chi connectivity index (χ1v) is 8.93. The lowest BCUT2D eigenvalue weighted by Crippen LogP contribution is -2.32. The monoisotopic (exact) mass is 321 g/mol. The third-order valence-electron chi connectivity index (χ3n) is 3.68. The first-order valence-electron chi connectivity index (χ1n) is 7.77. The van der Waals surface area contributed by atoms with Crippen molar-refractivity contribution in [3.8, 4) is 0 Å². The zero-order chi connectivity index (χ0) is 15.8. The number of nitrogens with zero attached hydrogens (tertiary/aromatic N) is 1. The van der Waals surface area contributed by atoms with Crippen LogP contribution in [0.1, 0.15) is 35.7 Å². The number of esters is 1. The van der Waals surface area contributed by atoms with Crippen LogP contribution in [0.2, 0.25) is 0 Å². The van der Waals surface area contributed by atoms with Gasteiger partial charge in [0.15, 0.2) is 5.78 Å². The molecule has 0 N–H and O–H groups in total. The summed E-state index contributed by atoms with van der Waals surface area (Å²) in [6.07, 6.45) is 0.368. The van der Waals surface area contributed by atoms with Crippen molar-refractivity contribution in [3.63, 3.8) is 0 Å². The van der Waals surface area contributed by atoms with Crippen LogP contribution >= 0.6 is 11.8 Å². The van der Waals surface area contributed by atoms with E-state index in [9.17, 15) is 9.59 Å². The van der Waals surface area contributed by atoms with E-state index < -0.39 is 0 Å². The maximum atomic E-state index is 12.4. The summed E-state index contributed by atoms with van der Waals surface area (Å²) in [7, 11) is 0. The molecule has 1 aromatic carbocycles. The van der Waals surface area contributed by atoms with Gasteiger partial charge in [0.1, 0.15) is 0 Å². The number of hydrogen-bond donors (Lipinski definition) is 0. The minimum absolute atomic E-state index is 0.0232. The normalized spacial score (nSPS) is 15.5. The van der Waals surface area contributed by atoms with Gasteiger partial charge in [-0.3, -0.25) is 14.5 Å².